The zero-order valence-electron chi connectivity index (χ0n) is 13.8. The number of carbonyl (C=O) groups excluding carboxylic acids is 3. The monoisotopic (exact) mass is 331 g/mol. The van der Waals surface area contributed by atoms with Crippen molar-refractivity contribution in [2.45, 2.75) is 45.3 Å². The van der Waals surface area contributed by atoms with Crippen molar-refractivity contribution in [1.29, 1.82) is 0 Å². The van der Waals surface area contributed by atoms with Gasteiger partial charge < -0.3 is 18.8 Å². The fourth-order valence-corrected chi connectivity index (χ4v) is 3.93. The molecule has 0 unspecified atom stereocenters. The average molecular weight is 331 g/mol. The highest BCUT2D eigenvalue weighted by atomic mass is 16.8. The lowest BCUT2D eigenvalue weighted by Gasteiger charge is -2.20. The van der Waals surface area contributed by atoms with Crippen molar-refractivity contribution >= 4 is 17.9 Å². The number of ketones is 2. The van der Waals surface area contributed by atoms with Crippen LogP contribution in [0.5, 0.6) is 0 Å². The molecule has 3 heterocycles. The molecule has 2 atom stereocenters. The van der Waals surface area contributed by atoms with E-state index in [9.17, 15) is 14.4 Å². The molecule has 0 bridgehead atoms. The normalized spacial score (nSPS) is 27.2. The first-order valence-electron chi connectivity index (χ1n) is 7.72. The van der Waals surface area contributed by atoms with Gasteiger partial charge in [-0.15, -0.1) is 0 Å². The van der Waals surface area contributed by atoms with Crippen LogP contribution in [0.1, 0.15) is 63.8 Å². The van der Waals surface area contributed by atoms with Gasteiger partial charge >= 0.3 is 0 Å². The van der Waals surface area contributed by atoms with E-state index < -0.39 is 17.7 Å². The molecule has 1 saturated heterocycles. The molecule has 0 saturated carbocycles. The van der Waals surface area contributed by atoms with Crippen LogP contribution in [0.4, 0.5) is 0 Å². The van der Waals surface area contributed by atoms with Gasteiger partial charge in [0.25, 0.3) is 0 Å². The van der Waals surface area contributed by atoms with Gasteiger partial charge in [0, 0.05) is 5.57 Å². The standard InChI is InChI=1S/C17H17NO6/c1-7-13(20)12-10(14(21)15(7)22-4)8(6-19)11-16-9(5-18(11)12)23-17(2,3)24-16/h6,9,16H,5H2,1-4H3/t9-,16-/m1/s1. The fraction of sp³-hybridized carbons (Fsp3) is 0.471. The number of allylic oxidation sites excluding steroid dienone is 2. The quantitative estimate of drug-likeness (QED) is 0.769. The minimum atomic E-state index is -0.772. The molecule has 0 spiro atoms. The number of hydrogen-bond donors (Lipinski definition) is 0. The third kappa shape index (κ3) is 1.71. The van der Waals surface area contributed by atoms with Gasteiger partial charge in [0.2, 0.25) is 11.6 Å². The lowest BCUT2D eigenvalue weighted by atomic mass is 9.91. The van der Waals surface area contributed by atoms with Gasteiger partial charge in [0.15, 0.2) is 17.8 Å². The second-order valence-electron chi connectivity index (χ2n) is 6.66. The number of aromatic nitrogens is 1. The number of fused-ring (bicyclic) bond motifs is 5. The molecule has 1 fully saturated rings. The van der Waals surface area contributed by atoms with Crippen LogP contribution in [0.3, 0.4) is 0 Å². The molecule has 24 heavy (non-hydrogen) atoms. The molecule has 7 nitrogen and oxygen atoms in total. The van der Waals surface area contributed by atoms with Crippen LogP contribution in [0, 0.1) is 0 Å². The number of ether oxygens (including phenoxy) is 3. The van der Waals surface area contributed by atoms with Crippen molar-refractivity contribution in [1.82, 2.24) is 4.57 Å². The van der Waals surface area contributed by atoms with Crippen LogP contribution < -0.4 is 0 Å². The molecule has 1 aliphatic carbocycles. The Labute approximate surface area is 138 Å². The first-order chi connectivity index (χ1) is 11.3. The minimum Gasteiger partial charge on any atom is -0.492 e. The Balaban J connectivity index is 1.95. The van der Waals surface area contributed by atoms with Crippen molar-refractivity contribution in [3.63, 3.8) is 0 Å². The van der Waals surface area contributed by atoms with E-state index in [2.05, 4.69) is 0 Å². The Bertz CT molecular complexity index is 844. The molecule has 1 aromatic rings. The SMILES string of the molecule is COC1=C(C)C(=O)c2c(c(C=O)c3n2C[C@H]2OC(C)(C)O[C@@H]32)C1=O. The Kier molecular flexibility index (Phi) is 2.96. The number of carbonyl (C=O) groups is 3. The third-order valence-corrected chi connectivity index (χ3v) is 4.81. The van der Waals surface area contributed by atoms with E-state index in [0.29, 0.717) is 18.5 Å². The van der Waals surface area contributed by atoms with Crippen molar-refractivity contribution in [2.24, 2.45) is 0 Å². The lowest BCUT2D eigenvalue weighted by molar-refractivity contribution is -0.151. The Hall–Kier alpha value is -2.25. The number of methoxy groups -OCH3 is 1. The summed E-state index contributed by atoms with van der Waals surface area (Å²) >= 11 is 0. The summed E-state index contributed by atoms with van der Waals surface area (Å²) < 4.78 is 18.5. The maximum Gasteiger partial charge on any atom is 0.230 e. The first kappa shape index (κ1) is 15.3. The van der Waals surface area contributed by atoms with Crippen LogP contribution in [0.25, 0.3) is 0 Å². The van der Waals surface area contributed by atoms with Gasteiger partial charge in [-0.3, -0.25) is 14.4 Å². The maximum absolute atomic E-state index is 12.8. The molecule has 7 heteroatoms. The summed E-state index contributed by atoms with van der Waals surface area (Å²) in [5, 5.41) is 0. The number of hydrogen-bond acceptors (Lipinski definition) is 6. The Morgan fingerprint density at radius 3 is 2.58 bits per heavy atom. The van der Waals surface area contributed by atoms with Crippen LogP contribution in [0.15, 0.2) is 11.3 Å². The number of aldehydes is 1. The smallest absolute Gasteiger partial charge is 0.230 e. The van der Waals surface area contributed by atoms with Crippen molar-refractivity contribution < 1.29 is 28.6 Å². The average Bonchev–Trinajstić information content (AvgIpc) is 3.09. The number of nitrogens with zero attached hydrogens (tertiary/aromatic N) is 1. The molecule has 1 aromatic heterocycles. The van der Waals surface area contributed by atoms with E-state index >= 15 is 0 Å². The van der Waals surface area contributed by atoms with E-state index in [1.54, 1.807) is 25.3 Å². The topological polar surface area (TPSA) is 83.8 Å². The van der Waals surface area contributed by atoms with E-state index in [0.717, 1.165) is 0 Å². The summed E-state index contributed by atoms with van der Waals surface area (Å²) in [4.78, 5) is 37.2. The van der Waals surface area contributed by atoms with Crippen molar-refractivity contribution in [2.75, 3.05) is 7.11 Å². The van der Waals surface area contributed by atoms with Crippen LogP contribution >= 0.6 is 0 Å². The second kappa shape index (κ2) is 4.64. The van der Waals surface area contributed by atoms with E-state index in [1.165, 1.54) is 7.11 Å². The molecular weight excluding hydrogens is 314 g/mol. The van der Waals surface area contributed by atoms with E-state index in [-0.39, 0.29) is 40.0 Å². The van der Waals surface area contributed by atoms with Crippen LogP contribution in [-0.4, -0.2) is 41.4 Å². The van der Waals surface area contributed by atoms with Gasteiger partial charge in [0.05, 0.1) is 30.5 Å². The van der Waals surface area contributed by atoms with Gasteiger partial charge in [-0.25, -0.2) is 0 Å². The maximum atomic E-state index is 12.8. The molecule has 2 aliphatic heterocycles. The van der Waals surface area contributed by atoms with Crippen LogP contribution in [-0.2, 0) is 20.8 Å². The summed E-state index contributed by atoms with van der Waals surface area (Å²) in [6, 6.07) is 0. The van der Waals surface area contributed by atoms with Gasteiger partial charge in [-0.1, -0.05) is 0 Å². The highest BCUT2D eigenvalue weighted by Crippen LogP contribution is 2.47. The molecule has 4 rings (SSSR count). The van der Waals surface area contributed by atoms with Crippen molar-refractivity contribution in [3.05, 3.63) is 33.8 Å². The lowest BCUT2D eigenvalue weighted by Crippen LogP contribution is -2.26. The summed E-state index contributed by atoms with van der Waals surface area (Å²) in [5.74, 6) is -1.54. The predicted molar refractivity (Wildman–Crippen MR) is 81.0 cm³/mol. The van der Waals surface area contributed by atoms with Gasteiger partial charge in [0.1, 0.15) is 17.9 Å². The summed E-state index contributed by atoms with van der Waals surface area (Å²) in [6.45, 7) is 5.51. The molecule has 0 radical (unpaired) electrons. The highest BCUT2D eigenvalue weighted by Gasteiger charge is 2.52. The predicted octanol–water partition coefficient (Wildman–Crippen LogP) is 1.81. The first-order valence-corrected chi connectivity index (χ1v) is 7.72. The molecule has 3 aliphatic rings. The molecule has 0 aromatic carbocycles. The second-order valence-corrected chi connectivity index (χ2v) is 6.66. The van der Waals surface area contributed by atoms with Gasteiger partial charge in [-0.05, 0) is 20.8 Å². The molecular formula is C17H17NO6. The summed E-state index contributed by atoms with van der Waals surface area (Å²) in [5.41, 5.74) is 1.32. The zero-order valence-corrected chi connectivity index (χ0v) is 13.8. The van der Waals surface area contributed by atoms with Gasteiger partial charge in [-0.2, -0.15) is 0 Å². The Morgan fingerprint density at radius 2 is 1.96 bits per heavy atom. The number of Topliss-reactive ketones (excluding diaryl/α,β-unsaturated/α-hetero) is 2. The summed E-state index contributed by atoms with van der Waals surface area (Å²) in [6.07, 6.45) is -0.145. The largest absolute Gasteiger partial charge is 0.492 e. The molecule has 0 N–H and O–H groups in total. The molecule has 0 amide bonds. The fourth-order valence-electron chi connectivity index (χ4n) is 3.93. The third-order valence-electron chi connectivity index (χ3n) is 4.81. The number of rotatable bonds is 2. The van der Waals surface area contributed by atoms with E-state index in [1.807, 2.05) is 0 Å². The minimum absolute atomic E-state index is 0.0136. The highest BCUT2D eigenvalue weighted by molar-refractivity contribution is 6.27. The zero-order chi connectivity index (χ0) is 17.4. The molecule has 126 valence electrons. The van der Waals surface area contributed by atoms with E-state index in [4.69, 9.17) is 14.2 Å². The van der Waals surface area contributed by atoms with Crippen LogP contribution in [0.2, 0.25) is 0 Å². The van der Waals surface area contributed by atoms with Crippen molar-refractivity contribution in [3.8, 4) is 0 Å². The Morgan fingerprint density at radius 1 is 1.25 bits per heavy atom. The summed E-state index contributed by atoms with van der Waals surface area (Å²) in [7, 11) is 1.34.